The van der Waals surface area contributed by atoms with Crippen LogP contribution in [0.5, 0.6) is 0 Å². The minimum atomic E-state index is -1.00. The quantitative estimate of drug-likeness (QED) is 0.748. The van der Waals surface area contributed by atoms with Gasteiger partial charge in [-0.3, -0.25) is 4.98 Å². The average molecular weight is 220 g/mol. The summed E-state index contributed by atoms with van der Waals surface area (Å²) < 4.78 is 0. The molecule has 0 aromatic carbocycles. The zero-order valence-corrected chi connectivity index (χ0v) is 9.31. The number of carboxylic acid groups (broad SMARTS) is 1. The Morgan fingerprint density at radius 2 is 2.44 bits per heavy atom. The Balaban J connectivity index is 2.63. The number of pyridine rings is 1. The van der Waals surface area contributed by atoms with E-state index in [0.717, 1.165) is 11.1 Å². The monoisotopic (exact) mass is 220 g/mol. The van der Waals surface area contributed by atoms with Gasteiger partial charge in [0.2, 0.25) is 0 Å². The number of nitrogens with one attached hydrogen (secondary N) is 1. The first kappa shape index (κ1) is 12.2. The third-order valence-corrected chi connectivity index (χ3v) is 2.13. The lowest BCUT2D eigenvalue weighted by molar-refractivity contribution is 0.189. The van der Waals surface area contributed by atoms with E-state index in [1.807, 2.05) is 19.1 Å². The molecule has 16 heavy (non-hydrogen) atoms. The Kier molecular flexibility index (Phi) is 4.51. The van der Waals surface area contributed by atoms with Gasteiger partial charge >= 0.3 is 6.09 Å². The molecule has 1 rings (SSSR count). The molecule has 0 aliphatic heterocycles. The van der Waals surface area contributed by atoms with Crippen LogP contribution in [0.25, 0.3) is 0 Å². The van der Waals surface area contributed by atoms with Crippen LogP contribution < -0.4 is 5.32 Å². The van der Waals surface area contributed by atoms with Gasteiger partial charge in [-0.15, -0.1) is 6.58 Å². The molecule has 0 fully saturated rings. The van der Waals surface area contributed by atoms with Crippen molar-refractivity contribution >= 4 is 6.09 Å². The van der Waals surface area contributed by atoms with Crippen molar-refractivity contribution in [2.45, 2.75) is 25.8 Å². The molecule has 0 radical (unpaired) electrons. The van der Waals surface area contributed by atoms with Crippen LogP contribution in [0.4, 0.5) is 4.79 Å². The largest absolute Gasteiger partial charge is 0.465 e. The Morgan fingerprint density at radius 1 is 1.69 bits per heavy atom. The fourth-order valence-electron chi connectivity index (χ4n) is 1.57. The van der Waals surface area contributed by atoms with Gasteiger partial charge in [0, 0.05) is 18.4 Å². The minimum Gasteiger partial charge on any atom is -0.465 e. The Bertz CT molecular complexity index is 347. The number of hydrogen-bond donors (Lipinski definition) is 2. The van der Waals surface area contributed by atoms with Gasteiger partial charge in [0.1, 0.15) is 0 Å². The van der Waals surface area contributed by atoms with Crippen molar-refractivity contribution in [3.05, 3.63) is 42.2 Å². The Morgan fingerprint density at radius 3 is 2.94 bits per heavy atom. The first-order valence-corrected chi connectivity index (χ1v) is 5.10. The van der Waals surface area contributed by atoms with Gasteiger partial charge in [-0.05, 0) is 31.4 Å². The smallest absolute Gasteiger partial charge is 0.404 e. The summed E-state index contributed by atoms with van der Waals surface area (Å²) in [7, 11) is 0. The lowest BCUT2D eigenvalue weighted by Gasteiger charge is -2.16. The van der Waals surface area contributed by atoms with Crippen LogP contribution in [0.1, 0.15) is 18.9 Å². The molecule has 86 valence electrons. The second kappa shape index (κ2) is 5.90. The van der Waals surface area contributed by atoms with Crippen LogP contribution in [0.15, 0.2) is 36.7 Å². The van der Waals surface area contributed by atoms with E-state index >= 15 is 0 Å². The maximum Gasteiger partial charge on any atom is 0.404 e. The lowest BCUT2D eigenvalue weighted by atomic mass is 10.0. The summed E-state index contributed by atoms with van der Waals surface area (Å²) in [6.45, 7) is 5.68. The van der Waals surface area contributed by atoms with Crippen LogP contribution in [0.2, 0.25) is 0 Å². The van der Waals surface area contributed by atoms with Crippen molar-refractivity contribution in [3.8, 4) is 0 Å². The van der Waals surface area contributed by atoms with Crippen LogP contribution in [-0.2, 0) is 6.42 Å². The van der Waals surface area contributed by atoms with Crippen molar-refractivity contribution < 1.29 is 9.90 Å². The van der Waals surface area contributed by atoms with E-state index in [2.05, 4.69) is 16.9 Å². The second-order valence-corrected chi connectivity index (χ2v) is 3.87. The molecule has 1 unspecified atom stereocenters. The highest BCUT2D eigenvalue weighted by Gasteiger charge is 2.12. The number of hydrogen-bond acceptors (Lipinski definition) is 2. The second-order valence-electron chi connectivity index (χ2n) is 3.87. The molecule has 0 bridgehead atoms. The molecule has 1 aromatic heterocycles. The fourth-order valence-corrected chi connectivity index (χ4v) is 1.57. The zero-order chi connectivity index (χ0) is 12.0. The molecule has 1 aromatic rings. The summed E-state index contributed by atoms with van der Waals surface area (Å²) in [5.41, 5.74) is 1.98. The summed E-state index contributed by atoms with van der Waals surface area (Å²) in [6, 6.07) is 3.63. The van der Waals surface area contributed by atoms with Crippen molar-refractivity contribution in [2.24, 2.45) is 0 Å². The molecule has 0 aliphatic carbocycles. The molecule has 2 N–H and O–H groups in total. The molecule has 4 nitrogen and oxygen atoms in total. The maximum atomic E-state index is 10.6. The Hall–Kier alpha value is -1.84. The highest BCUT2D eigenvalue weighted by molar-refractivity contribution is 5.64. The van der Waals surface area contributed by atoms with E-state index < -0.39 is 6.09 Å². The molecule has 1 atom stereocenters. The van der Waals surface area contributed by atoms with E-state index in [1.54, 1.807) is 12.4 Å². The zero-order valence-electron chi connectivity index (χ0n) is 9.31. The fraction of sp³-hybridized carbons (Fsp3) is 0.333. The summed E-state index contributed by atoms with van der Waals surface area (Å²) >= 11 is 0. The number of nitrogens with zero attached hydrogens (tertiary/aromatic N) is 1. The molecule has 0 saturated heterocycles. The third kappa shape index (κ3) is 4.59. The summed E-state index contributed by atoms with van der Waals surface area (Å²) in [6.07, 6.45) is 3.71. The predicted molar refractivity (Wildman–Crippen MR) is 62.3 cm³/mol. The van der Waals surface area contributed by atoms with Gasteiger partial charge in [-0.25, -0.2) is 4.79 Å². The SMILES string of the molecule is C=C(C)CC(Cc1cccnc1)NC(=O)O. The molecule has 1 amide bonds. The van der Waals surface area contributed by atoms with E-state index in [0.29, 0.717) is 12.8 Å². The third-order valence-electron chi connectivity index (χ3n) is 2.13. The van der Waals surface area contributed by atoms with E-state index in [-0.39, 0.29) is 6.04 Å². The van der Waals surface area contributed by atoms with Crippen molar-refractivity contribution in [2.75, 3.05) is 0 Å². The van der Waals surface area contributed by atoms with E-state index in [1.165, 1.54) is 0 Å². The normalized spacial score (nSPS) is 11.8. The van der Waals surface area contributed by atoms with Crippen LogP contribution in [0.3, 0.4) is 0 Å². The molecule has 0 saturated carbocycles. The maximum absolute atomic E-state index is 10.6. The number of amides is 1. The van der Waals surface area contributed by atoms with Gasteiger partial charge in [-0.1, -0.05) is 11.6 Å². The lowest BCUT2D eigenvalue weighted by Crippen LogP contribution is -2.35. The highest BCUT2D eigenvalue weighted by Crippen LogP contribution is 2.08. The van der Waals surface area contributed by atoms with Crippen molar-refractivity contribution in [1.82, 2.24) is 10.3 Å². The van der Waals surface area contributed by atoms with Gasteiger partial charge < -0.3 is 10.4 Å². The minimum absolute atomic E-state index is 0.140. The number of aromatic nitrogens is 1. The van der Waals surface area contributed by atoms with Crippen LogP contribution in [-0.4, -0.2) is 22.2 Å². The van der Waals surface area contributed by atoms with Crippen LogP contribution in [0, 0.1) is 0 Å². The van der Waals surface area contributed by atoms with E-state index in [4.69, 9.17) is 5.11 Å². The highest BCUT2D eigenvalue weighted by atomic mass is 16.4. The van der Waals surface area contributed by atoms with E-state index in [9.17, 15) is 4.79 Å². The predicted octanol–water partition coefficient (Wildman–Crippen LogP) is 2.23. The topological polar surface area (TPSA) is 62.2 Å². The van der Waals surface area contributed by atoms with Crippen molar-refractivity contribution in [1.29, 1.82) is 0 Å². The first-order chi connectivity index (χ1) is 7.58. The summed E-state index contributed by atoms with van der Waals surface area (Å²) in [5.74, 6) is 0. The number of rotatable bonds is 5. The van der Waals surface area contributed by atoms with Crippen molar-refractivity contribution in [3.63, 3.8) is 0 Å². The summed E-state index contributed by atoms with van der Waals surface area (Å²) in [5, 5.41) is 11.2. The molecular weight excluding hydrogens is 204 g/mol. The summed E-state index contributed by atoms with van der Waals surface area (Å²) in [4.78, 5) is 14.6. The molecule has 0 aliphatic rings. The molecule has 4 heteroatoms. The first-order valence-electron chi connectivity index (χ1n) is 5.10. The van der Waals surface area contributed by atoms with Gasteiger partial charge in [0.25, 0.3) is 0 Å². The number of carbonyl (C=O) groups is 1. The standard InChI is InChI=1S/C12H16N2O2/c1-9(2)6-11(14-12(15)16)7-10-4-3-5-13-8-10/h3-5,8,11,14H,1,6-7H2,2H3,(H,15,16). The van der Waals surface area contributed by atoms with Gasteiger partial charge in [0.05, 0.1) is 0 Å². The van der Waals surface area contributed by atoms with Gasteiger partial charge in [0.15, 0.2) is 0 Å². The molecule has 0 spiro atoms. The average Bonchev–Trinajstić information content (AvgIpc) is 2.16. The molecule has 1 heterocycles. The van der Waals surface area contributed by atoms with Crippen LogP contribution >= 0.6 is 0 Å². The van der Waals surface area contributed by atoms with Gasteiger partial charge in [-0.2, -0.15) is 0 Å². The molecular formula is C12H16N2O2. The Labute approximate surface area is 95.0 Å².